The van der Waals surface area contributed by atoms with Gasteiger partial charge in [-0.1, -0.05) is 29.5 Å². The Labute approximate surface area is 128 Å². The fourth-order valence-corrected chi connectivity index (χ4v) is 2.67. The first-order valence-corrected chi connectivity index (χ1v) is 7.55. The molecule has 0 spiro atoms. The first kappa shape index (κ1) is 15.3. The van der Waals surface area contributed by atoms with Crippen LogP contribution in [0.25, 0.3) is 0 Å². The molecule has 1 heterocycles. The van der Waals surface area contributed by atoms with Gasteiger partial charge in [-0.3, -0.25) is 4.79 Å². The van der Waals surface area contributed by atoms with Crippen molar-refractivity contribution >= 4 is 22.9 Å². The minimum absolute atomic E-state index is 0.0290. The molecule has 0 radical (unpaired) electrons. The Morgan fingerprint density at radius 1 is 1.33 bits per heavy atom. The number of hydrogen-bond acceptors (Lipinski definition) is 3. The number of hydrogen-bond donors (Lipinski definition) is 2. The molecule has 1 aromatic carbocycles. The predicted molar refractivity (Wildman–Crippen MR) is 86.8 cm³/mol. The molecule has 2 N–H and O–H groups in total. The van der Waals surface area contributed by atoms with Gasteiger partial charge in [-0.2, -0.15) is 0 Å². The maximum Gasteiger partial charge on any atom is 0.267 e. The smallest absolute Gasteiger partial charge is 0.267 e. The highest BCUT2D eigenvalue weighted by atomic mass is 32.1. The third kappa shape index (κ3) is 3.94. The van der Waals surface area contributed by atoms with Crippen molar-refractivity contribution in [1.29, 1.82) is 0 Å². The fourth-order valence-electron chi connectivity index (χ4n) is 1.93. The largest absolute Gasteiger partial charge is 0.395 e. The van der Waals surface area contributed by atoms with Crippen molar-refractivity contribution < 1.29 is 9.90 Å². The molecule has 0 fully saturated rings. The predicted octanol–water partition coefficient (Wildman–Crippen LogP) is 3.35. The Kier molecular flexibility index (Phi) is 5.15. The molecule has 0 aliphatic rings. The summed E-state index contributed by atoms with van der Waals surface area (Å²) < 4.78 is 0. The molecule has 0 aliphatic carbocycles. The van der Waals surface area contributed by atoms with Gasteiger partial charge in [0.05, 0.1) is 6.61 Å². The first-order chi connectivity index (χ1) is 10.1. The average molecular weight is 299 g/mol. The number of benzene rings is 1. The second-order valence-corrected chi connectivity index (χ2v) is 5.63. The number of nitrogens with one attached hydrogen (secondary N) is 1. The summed E-state index contributed by atoms with van der Waals surface area (Å²) in [6.45, 7) is 4.02. The maximum absolute atomic E-state index is 12.3. The summed E-state index contributed by atoms with van der Waals surface area (Å²) in [5.74, 6) is 5.62. The van der Waals surface area contributed by atoms with E-state index in [2.05, 4.69) is 17.2 Å². The summed E-state index contributed by atoms with van der Waals surface area (Å²) in [6, 6.07) is 7.74. The molecule has 0 saturated carbocycles. The molecule has 4 heteroatoms. The Morgan fingerprint density at radius 3 is 2.86 bits per heavy atom. The van der Waals surface area contributed by atoms with Gasteiger partial charge in [0.15, 0.2) is 0 Å². The van der Waals surface area contributed by atoms with Gasteiger partial charge >= 0.3 is 0 Å². The summed E-state index contributed by atoms with van der Waals surface area (Å²) in [7, 11) is 0. The highest BCUT2D eigenvalue weighted by molar-refractivity contribution is 7.12. The molecule has 1 aromatic heterocycles. The molecule has 1 amide bonds. The zero-order valence-corrected chi connectivity index (χ0v) is 12.9. The van der Waals surface area contributed by atoms with Gasteiger partial charge in [0.1, 0.15) is 4.88 Å². The molecule has 2 rings (SSSR count). The van der Waals surface area contributed by atoms with E-state index in [0.29, 0.717) is 16.9 Å². The summed E-state index contributed by atoms with van der Waals surface area (Å²) in [5.41, 5.74) is 3.72. The number of carbonyl (C=O) groups is 1. The molecule has 0 saturated heterocycles. The van der Waals surface area contributed by atoms with Crippen LogP contribution in [0.3, 0.4) is 0 Å². The van der Waals surface area contributed by atoms with Crippen molar-refractivity contribution in [1.82, 2.24) is 0 Å². The van der Waals surface area contributed by atoms with E-state index >= 15 is 0 Å². The zero-order valence-electron chi connectivity index (χ0n) is 12.1. The fraction of sp³-hybridized carbons (Fsp3) is 0.235. The van der Waals surface area contributed by atoms with Crippen LogP contribution < -0.4 is 5.32 Å². The van der Waals surface area contributed by atoms with E-state index in [9.17, 15) is 4.79 Å². The van der Waals surface area contributed by atoms with Crippen LogP contribution in [-0.4, -0.2) is 17.6 Å². The zero-order chi connectivity index (χ0) is 15.2. The third-order valence-corrected chi connectivity index (χ3v) is 3.87. The van der Waals surface area contributed by atoms with Crippen molar-refractivity contribution in [2.24, 2.45) is 0 Å². The lowest BCUT2D eigenvalue weighted by molar-refractivity contribution is 0.103. The van der Waals surface area contributed by atoms with Crippen LogP contribution in [0.1, 0.15) is 32.8 Å². The summed E-state index contributed by atoms with van der Waals surface area (Å²) in [6.07, 6.45) is 0.411. The molecule has 3 nitrogen and oxygen atoms in total. The van der Waals surface area contributed by atoms with Gasteiger partial charge < -0.3 is 10.4 Å². The van der Waals surface area contributed by atoms with Crippen molar-refractivity contribution in [2.75, 3.05) is 11.9 Å². The van der Waals surface area contributed by atoms with E-state index in [1.54, 1.807) is 0 Å². The molecule has 21 heavy (non-hydrogen) atoms. The SMILES string of the molecule is Cc1ccc(NC(=O)c2sccc2C#CCCO)c(C)c1. The molecule has 0 aliphatic heterocycles. The van der Waals surface area contributed by atoms with Gasteiger partial charge in [0.25, 0.3) is 5.91 Å². The van der Waals surface area contributed by atoms with Crippen LogP contribution in [-0.2, 0) is 0 Å². The van der Waals surface area contributed by atoms with Gasteiger partial charge in [0.2, 0.25) is 0 Å². The lowest BCUT2D eigenvalue weighted by Crippen LogP contribution is -2.12. The average Bonchev–Trinajstić information content (AvgIpc) is 2.91. The molecular weight excluding hydrogens is 282 g/mol. The highest BCUT2D eigenvalue weighted by Gasteiger charge is 2.13. The minimum Gasteiger partial charge on any atom is -0.395 e. The van der Waals surface area contributed by atoms with Gasteiger partial charge in [-0.15, -0.1) is 11.3 Å². The number of aryl methyl sites for hydroxylation is 2. The molecule has 0 atom stereocenters. The van der Waals surface area contributed by atoms with Crippen LogP contribution in [0, 0.1) is 25.7 Å². The van der Waals surface area contributed by atoms with Gasteiger partial charge in [-0.05, 0) is 36.9 Å². The van der Waals surface area contributed by atoms with Crippen LogP contribution in [0.2, 0.25) is 0 Å². The van der Waals surface area contributed by atoms with Crippen molar-refractivity contribution in [3.05, 3.63) is 51.2 Å². The minimum atomic E-state index is -0.148. The quantitative estimate of drug-likeness (QED) is 0.854. The molecule has 2 aromatic rings. The molecule has 108 valence electrons. The monoisotopic (exact) mass is 299 g/mol. The lowest BCUT2D eigenvalue weighted by atomic mass is 10.1. The molecular formula is C17H17NO2S. The Balaban J connectivity index is 2.18. The Hall–Kier alpha value is -2.09. The summed E-state index contributed by atoms with van der Waals surface area (Å²) in [5, 5.41) is 13.5. The molecule has 0 bridgehead atoms. The number of carbonyl (C=O) groups excluding carboxylic acids is 1. The van der Waals surface area contributed by atoms with Crippen LogP contribution in [0.5, 0.6) is 0 Å². The number of aliphatic hydroxyl groups is 1. The number of amides is 1. The summed E-state index contributed by atoms with van der Waals surface area (Å²) in [4.78, 5) is 12.9. The van der Waals surface area contributed by atoms with Crippen LogP contribution >= 0.6 is 11.3 Å². The van der Waals surface area contributed by atoms with E-state index in [0.717, 1.165) is 16.8 Å². The van der Waals surface area contributed by atoms with Gasteiger partial charge in [-0.25, -0.2) is 0 Å². The second-order valence-electron chi connectivity index (χ2n) is 4.71. The maximum atomic E-state index is 12.3. The van der Waals surface area contributed by atoms with E-state index in [4.69, 9.17) is 5.11 Å². The van der Waals surface area contributed by atoms with Gasteiger partial charge in [0, 0.05) is 17.7 Å². The van der Waals surface area contributed by atoms with Crippen molar-refractivity contribution in [2.45, 2.75) is 20.3 Å². The van der Waals surface area contributed by atoms with E-state index in [-0.39, 0.29) is 12.5 Å². The first-order valence-electron chi connectivity index (χ1n) is 6.67. The standard InChI is InChI=1S/C17H17NO2S/c1-12-6-7-15(13(2)11-12)18-17(20)16-14(8-10-21-16)5-3-4-9-19/h6-8,10-11,19H,4,9H2,1-2H3,(H,18,20). The number of thiophene rings is 1. The Morgan fingerprint density at radius 2 is 2.14 bits per heavy atom. The number of aliphatic hydroxyl groups excluding tert-OH is 1. The van der Waals surface area contributed by atoms with Crippen molar-refractivity contribution in [3.8, 4) is 11.8 Å². The highest BCUT2D eigenvalue weighted by Crippen LogP contribution is 2.21. The normalized spacial score (nSPS) is 9.86. The topological polar surface area (TPSA) is 49.3 Å². The van der Waals surface area contributed by atoms with Crippen LogP contribution in [0.15, 0.2) is 29.6 Å². The summed E-state index contributed by atoms with van der Waals surface area (Å²) >= 11 is 1.37. The lowest BCUT2D eigenvalue weighted by Gasteiger charge is -2.08. The van der Waals surface area contributed by atoms with E-state index < -0.39 is 0 Å². The van der Waals surface area contributed by atoms with Crippen LogP contribution in [0.4, 0.5) is 5.69 Å². The third-order valence-electron chi connectivity index (χ3n) is 2.96. The van der Waals surface area contributed by atoms with E-state index in [1.807, 2.05) is 43.5 Å². The molecule has 0 unspecified atom stereocenters. The Bertz CT molecular complexity index is 707. The number of anilines is 1. The second kappa shape index (κ2) is 7.07. The number of rotatable bonds is 3. The van der Waals surface area contributed by atoms with Crippen molar-refractivity contribution in [3.63, 3.8) is 0 Å². The van der Waals surface area contributed by atoms with E-state index in [1.165, 1.54) is 11.3 Å².